The van der Waals surface area contributed by atoms with Crippen LogP contribution in [0.25, 0.3) is 0 Å². The number of nitrogens with zero attached hydrogens (tertiary/aromatic N) is 1. The average molecular weight is 427 g/mol. The van der Waals surface area contributed by atoms with Gasteiger partial charge in [0.1, 0.15) is 11.8 Å². The van der Waals surface area contributed by atoms with Crippen molar-refractivity contribution in [2.45, 2.75) is 19.6 Å². The Kier molecular flexibility index (Phi) is 7.29. The number of hydrogen-bond donors (Lipinski definition) is 1. The summed E-state index contributed by atoms with van der Waals surface area (Å²) in [7, 11) is -0.713. The van der Waals surface area contributed by atoms with E-state index in [9.17, 15) is 13.2 Å². The van der Waals surface area contributed by atoms with Gasteiger partial charge < -0.3 is 14.8 Å². The summed E-state index contributed by atoms with van der Waals surface area (Å²) < 4.78 is 36.0. The van der Waals surface area contributed by atoms with Gasteiger partial charge in [-0.1, -0.05) is 23.7 Å². The third kappa shape index (κ3) is 5.37. The van der Waals surface area contributed by atoms with E-state index in [4.69, 9.17) is 21.1 Å². The first-order valence-corrected chi connectivity index (χ1v) is 10.6. The van der Waals surface area contributed by atoms with Gasteiger partial charge in [-0.25, -0.2) is 8.42 Å². The second-order valence-corrected chi connectivity index (χ2v) is 8.44. The number of nitrogens with one attached hydrogen (secondary N) is 1. The summed E-state index contributed by atoms with van der Waals surface area (Å²) in [5, 5.41) is 2.99. The third-order valence-electron chi connectivity index (χ3n) is 3.98. The Morgan fingerprint density at radius 2 is 1.93 bits per heavy atom. The van der Waals surface area contributed by atoms with Crippen LogP contribution in [0.5, 0.6) is 5.75 Å². The number of ether oxygens (including phenoxy) is 2. The number of anilines is 2. The zero-order valence-electron chi connectivity index (χ0n) is 16.1. The zero-order valence-corrected chi connectivity index (χ0v) is 17.7. The van der Waals surface area contributed by atoms with Gasteiger partial charge in [0.05, 0.1) is 30.7 Å². The van der Waals surface area contributed by atoms with Gasteiger partial charge in [-0.05, 0) is 42.8 Å². The van der Waals surface area contributed by atoms with E-state index in [1.165, 1.54) is 26.2 Å². The molecule has 7 nitrogen and oxygen atoms in total. The molecule has 9 heteroatoms. The molecule has 0 fully saturated rings. The molecule has 2 aromatic rings. The predicted octanol–water partition coefficient (Wildman–Crippen LogP) is 3.29. The first-order valence-electron chi connectivity index (χ1n) is 8.39. The Labute approximate surface area is 170 Å². The Morgan fingerprint density at radius 3 is 2.50 bits per heavy atom. The molecule has 0 saturated carbocycles. The number of methoxy groups -OCH3 is 2. The SMILES string of the molecule is COCc1cccc(NC(=O)C(C)N(c2ccc(OC)c(Cl)c2)S(C)(=O)=O)c1. The maximum Gasteiger partial charge on any atom is 0.247 e. The average Bonchev–Trinajstić information content (AvgIpc) is 2.61. The van der Waals surface area contributed by atoms with Gasteiger partial charge >= 0.3 is 0 Å². The lowest BCUT2D eigenvalue weighted by atomic mass is 10.2. The van der Waals surface area contributed by atoms with E-state index in [1.807, 2.05) is 6.07 Å². The van der Waals surface area contributed by atoms with Crippen molar-refractivity contribution in [1.29, 1.82) is 0 Å². The molecule has 1 amide bonds. The van der Waals surface area contributed by atoms with Crippen molar-refractivity contribution < 1.29 is 22.7 Å². The second-order valence-electron chi connectivity index (χ2n) is 6.18. The molecule has 1 atom stereocenters. The Bertz CT molecular complexity index is 949. The molecule has 1 N–H and O–H groups in total. The first kappa shape index (κ1) is 22.0. The van der Waals surface area contributed by atoms with E-state index in [-0.39, 0.29) is 10.7 Å². The van der Waals surface area contributed by atoms with E-state index in [0.29, 0.717) is 18.0 Å². The molecular formula is C19H23ClN2O5S. The number of hydrogen-bond acceptors (Lipinski definition) is 5. The largest absolute Gasteiger partial charge is 0.495 e. The maximum absolute atomic E-state index is 12.7. The van der Waals surface area contributed by atoms with Crippen LogP contribution in [-0.4, -0.2) is 40.8 Å². The minimum absolute atomic E-state index is 0.244. The lowest BCUT2D eigenvalue weighted by molar-refractivity contribution is -0.116. The van der Waals surface area contributed by atoms with E-state index >= 15 is 0 Å². The highest BCUT2D eigenvalue weighted by Gasteiger charge is 2.29. The van der Waals surface area contributed by atoms with Crippen molar-refractivity contribution in [2.24, 2.45) is 0 Å². The highest BCUT2D eigenvalue weighted by Crippen LogP contribution is 2.31. The van der Waals surface area contributed by atoms with Crippen molar-refractivity contribution >= 4 is 38.9 Å². The van der Waals surface area contributed by atoms with Crippen molar-refractivity contribution in [3.63, 3.8) is 0 Å². The standard InChI is InChI=1S/C19H23ClN2O5S/c1-13(19(23)21-15-7-5-6-14(10-15)12-26-2)22(28(4,24)25)16-8-9-18(27-3)17(20)11-16/h5-11,13H,12H2,1-4H3,(H,21,23). The van der Waals surface area contributed by atoms with Gasteiger partial charge in [0.25, 0.3) is 0 Å². The molecule has 0 spiro atoms. The highest BCUT2D eigenvalue weighted by molar-refractivity contribution is 7.92. The monoisotopic (exact) mass is 426 g/mol. The fourth-order valence-electron chi connectivity index (χ4n) is 2.75. The molecule has 0 bridgehead atoms. The minimum atomic E-state index is -3.75. The summed E-state index contributed by atoms with van der Waals surface area (Å²) in [6.45, 7) is 1.91. The van der Waals surface area contributed by atoms with Gasteiger partial charge in [0, 0.05) is 12.8 Å². The molecule has 0 aliphatic rings. The summed E-state index contributed by atoms with van der Waals surface area (Å²) in [5.41, 5.74) is 1.70. The molecule has 28 heavy (non-hydrogen) atoms. The Balaban J connectivity index is 2.30. The lowest BCUT2D eigenvalue weighted by Crippen LogP contribution is -2.45. The molecule has 2 rings (SSSR count). The van der Waals surface area contributed by atoms with Crippen molar-refractivity contribution in [2.75, 3.05) is 30.1 Å². The van der Waals surface area contributed by atoms with Gasteiger partial charge in [0.15, 0.2) is 0 Å². The van der Waals surface area contributed by atoms with E-state index < -0.39 is 22.0 Å². The number of halogens is 1. The number of sulfonamides is 1. The molecule has 1 unspecified atom stereocenters. The minimum Gasteiger partial charge on any atom is -0.495 e. The number of rotatable bonds is 8. The molecule has 0 heterocycles. The summed E-state index contributed by atoms with van der Waals surface area (Å²) in [4.78, 5) is 12.7. The highest BCUT2D eigenvalue weighted by atomic mass is 35.5. The second kappa shape index (κ2) is 9.27. The number of amides is 1. The number of benzene rings is 2. The van der Waals surface area contributed by atoms with Crippen LogP contribution in [0, 0.1) is 0 Å². The Morgan fingerprint density at radius 1 is 1.21 bits per heavy atom. The van der Waals surface area contributed by atoms with E-state index in [1.54, 1.807) is 31.4 Å². The topological polar surface area (TPSA) is 84.9 Å². The molecule has 0 aromatic heterocycles. The number of carbonyl (C=O) groups excluding carboxylic acids is 1. The van der Waals surface area contributed by atoms with Crippen LogP contribution >= 0.6 is 11.6 Å². The first-order chi connectivity index (χ1) is 13.2. The van der Waals surface area contributed by atoms with Gasteiger partial charge in [-0.15, -0.1) is 0 Å². The van der Waals surface area contributed by atoms with E-state index in [2.05, 4.69) is 5.32 Å². The van der Waals surface area contributed by atoms with Crippen molar-refractivity contribution in [3.05, 3.63) is 53.1 Å². The van der Waals surface area contributed by atoms with Crippen LogP contribution in [0.1, 0.15) is 12.5 Å². The molecule has 0 aliphatic heterocycles. The number of carbonyl (C=O) groups is 1. The molecule has 0 aliphatic carbocycles. The Hall–Kier alpha value is -2.29. The summed E-state index contributed by atoms with van der Waals surface area (Å²) in [5.74, 6) is -0.0714. The quantitative estimate of drug-likeness (QED) is 0.700. The van der Waals surface area contributed by atoms with Crippen molar-refractivity contribution in [3.8, 4) is 5.75 Å². The third-order valence-corrected chi connectivity index (χ3v) is 5.52. The maximum atomic E-state index is 12.7. The van der Waals surface area contributed by atoms with Crippen LogP contribution in [0.2, 0.25) is 5.02 Å². The van der Waals surface area contributed by atoms with Gasteiger partial charge in [-0.2, -0.15) is 0 Å². The smallest absolute Gasteiger partial charge is 0.247 e. The van der Waals surface area contributed by atoms with E-state index in [0.717, 1.165) is 16.1 Å². The fraction of sp³-hybridized carbons (Fsp3) is 0.316. The summed E-state index contributed by atoms with van der Waals surface area (Å²) in [6, 6.07) is 10.7. The van der Waals surface area contributed by atoms with Crippen LogP contribution in [-0.2, 0) is 26.2 Å². The predicted molar refractivity (Wildman–Crippen MR) is 111 cm³/mol. The van der Waals surface area contributed by atoms with Crippen LogP contribution in [0.4, 0.5) is 11.4 Å². The molecule has 152 valence electrons. The van der Waals surface area contributed by atoms with Gasteiger partial charge in [-0.3, -0.25) is 9.10 Å². The van der Waals surface area contributed by atoms with Crippen LogP contribution in [0.3, 0.4) is 0 Å². The molecule has 0 radical (unpaired) electrons. The fourth-order valence-corrected chi connectivity index (χ4v) is 4.17. The summed E-state index contributed by atoms with van der Waals surface area (Å²) >= 11 is 6.13. The molecular weight excluding hydrogens is 404 g/mol. The molecule has 0 saturated heterocycles. The zero-order chi connectivity index (χ0) is 20.9. The molecule has 2 aromatic carbocycles. The van der Waals surface area contributed by atoms with Crippen LogP contribution < -0.4 is 14.4 Å². The summed E-state index contributed by atoms with van der Waals surface area (Å²) in [6.07, 6.45) is 1.04. The van der Waals surface area contributed by atoms with Gasteiger partial charge in [0.2, 0.25) is 15.9 Å². The van der Waals surface area contributed by atoms with Crippen LogP contribution in [0.15, 0.2) is 42.5 Å². The normalized spacial score (nSPS) is 12.3. The lowest BCUT2D eigenvalue weighted by Gasteiger charge is -2.28. The van der Waals surface area contributed by atoms with Crippen molar-refractivity contribution in [1.82, 2.24) is 0 Å².